The third kappa shape index (κ3) is 2.86. The van der Waals surface area contributed by atoms with Crippen LogP contribution >= 0.6 is 27.7 Å². The summed E-state index contributed by atoms with van der Waals surface area (Å²) in [6.45, 7) is 0. The maximum Gasteiger partial charge on any atom is 0.150 e. The Morgan fingerprint density at radius 1 is 1.56 bits per heavy atom. The minimum Gasteiger partial charge on any atom is -0.298 e. The van der Waals surface area contributed by atoms with E-state index in [-0.39, 0.29) is 23.3 Å². The molecule has 16 heavy (non-hydrogen) atoms. The predicted molar refractivity (Wildman–Crippen MR) is 68.3 cm³/mol. The van der Waals surface area contributed by atoms with Gasteiger partial charge in [0.2, 0.25) is 0 Å². The normalized spacial score (nSPS) is 20.0. The molecule has 1 aromatic carbocycles. The van der Waals surface area contributed by atoms with E-state index < -0.39 is 0 Å². The number of thioether (sulfide) groups is 1. The number of carbonyl (C=O) groups is 1. The van der Waals surface area contributed by atoms with Crippen LogP contribution in [0.3, 0.4) is 0 Å². The molecule has 1 heterocycles. The molecule has 1 aromatic rings. The van der Waals surface area contributed by atoms with Crippen LogP contribution in [-0.2, 0) is 11.2 Å². The van der Waals surface area contributed by atoms with Crippen LogP contribution < -0.4 is 0 Å². The van der Waals surface area contributed by atoms with Gasteiger partial charge in [-0.05, 0) is 36.3 Å². The molecule has 1 aliphatic heterocycles. The minimum absolute atomic E-state index is 0.0862. The largest absolute Gasteiger partial charge is 0.298 e. The van der Waals surface area contributed by atoms with E-state index in [9.17, 15) is 9.18 Å². The molecule has 1 unspecified atom stereocenters. The molecule has 0 amide bonds. The molecule has 1 atom stereocenters. The number of hydrogen-bond acceptors (Lipinski definition) is 2. The molecule has 0 N–H and O–H groups in total. The predicted octanol–water partition coefficient (Wildman–Crippen LogP) is 3.60. The van der Waals surface area contributed by atoms with E-state index in [1.165, 1.54) is 6.07 Å². The Balaban J connectivity index is 2.05. The molecule has 1 aliphatic rings. The first-order chi connectivity index (χ1) is 7.66. The van der Waals surface area contributed by atoms with Gasteiger partial charge >= 0.3 is 0 Å². The maximum absolute atomic E-state index is 13.5. The van der Waals surface area contributed by atoms with Crippen LogP contribution in [0.25, 0.3) is 0 Å². The van der Waals surface area contributed by atoms with Crippen molar-refractivity contribution in [3.63, 3.8) is 0 Å². The molecule has 1 fully saturated rings. The van der Waals surface area contributed by atoms with Crippen LogP contribution in [0.5, 0.6) is 0 Å². The van der Waals surface area contributed by atoms with Crippen molar-refractivity contribution in [3.8, 4) is 0 Å². The summed E-state index contributed by atoms with van der Waals surface area (Å²) in [4.78, 5) is 11.9. The van der Waals surface area contributed by atoms with Crippen LogP contribution in [0.4, 0.5) is 4.39 Å². The zero-order valence-electron chi connectivity index (χ0n) is 8.71. The van der Waals surface area contributed by atoms with Crippen molar-refractivity contribution in [2.45, 2.75) is 24.5 Å². The lowest BCUT2D eigenvalue weighted by atomic mass is 10.0. The van der Waals surface area contributed by atoms with Gasteiger partial charge in [0.05, 0.1) is 5.25 Å². The highest BCUT2D eigenvalue weighted by molar-refractivity contribution is 9.10. The van der Waals surface area contributed by atoms with Crippen LogP contribution in [0.1, 0.15) is 18.4 Å². The zero-order valence-corrected chi connectivity index (χ0v) is 11.1. The highest BCUT2D eigenvalue weighted by Gasteiger charge is 2.23. The second kappa shape index (κ2) is 5.32. The Morgan fingerprint density at radius 2 is 2.38 bits per heavy atom. The lowest BCUT2D eigenvalue weighted by Crippen LogP contribution is -2.17. The van der Waals surface area contributed by atoms with Gasteiger partial charge in [-0.15, -0.1) is 0 Å². The molecule has 0 bridgehead atoms. The molecule has 0 radical (unpaired) electrons. The van der Waals surface area contributed by atoms with Gasteiger partial charge in [0.1, 0.15) is 11.6 Å². The number of benzene rings is 1. The van der Waals surface area contributed by atoms with Gasteiger partial charge in [0.15, 0.2) is 0 Å². The Labute approximate surface area is 107 Å². The van der Waals surface area contributed by atoms with Gasteiger partial charge in [0, 0.05) is 10.9 Å². The van der Waals surface area contributed by atoms with Gasteiger partial charge in [0.25, 0.3) is 0 Å². The average molecular weight is 303 g/mol. The summed E-state index contributed by atoms with van der Waals surface area (Å²) in [5.74, 6) is 0.911. The topological polar surface area (TPSA) is 17.1 Å². The highest BCUT2D eigenvalue weighted by atomic mass is 79.9. The molecule has 0 saturated carbocycles. The number of hydrogen-bond donors (Lipinski definition) is 0. The summed E-state index contributed by atoms with van der Waals surface area (Å²) in [6.07, 6.45) is 2.27. The SMILES string of the molecule is O=C(Cc1ccc(Br)cc1F)C1CCCS1. The molecule has 4 heteroatoms. The Kier molecular flexibility index (Phi) is 4.03. The van der Waals surface area contributed by atoms with E-state index in [4.69, 9.17) is 0 Å². The molecule has 0 aromatic heterocycles. The first-order valence-electron chi connectivity index (χ1n) is 5.25. The van der Waals surface area contributed by atoms with E-state index in [2.05, 4.69) is 15.9 Å². The fraction of sp³-hybridized carbons (Fsp3) is 0.417. The number of halogens is 2. The average Bonchev–Trinajstić information content (AvgIpc) is 2.75. The van der Waals surface area contributed by atoms with E-state index in [1.807, 2.05) is 0 Å². The van der Waals surface area contributed by atoms with E-state index in [0.29, 0.717) is 10.0 Å². The van der Waals surface area contributed by atoms with Gasteiger partial charge in [-0.25, -0.2) is 4.39 Å². The third-order valence-electron chi connectivity index (χ3n) is 2.67. The number of ketones is 1. The van der Waals surface area contributed by atoms with E-state index >= 15 is 0 Å². The summed E-state index contributed by atoms with van der Waals surface area (Å²) in [5, 5.41) is 0.0862. The van der Waals surface area contributed by atoms with Crippen molar-refractivity contribution in [3.05, 3.63) is 34.1 Å². The van der Waals surface area contributed by atoms with Gasteiger partial charge in [-0.3, -0.25) is 4.79 Å². The van der Waals surface area contributed by atoms with Crippen molar-refractivity contribution in [2.75, 3.05) is 5.75 Å². The van der Waals surface area contributed by atoms with E-state index in [1.54, 1.807) is 23.9 Å². The quantitative estimate of drug-likeness (QED) is 0.849. The monoisotopic (exact) mass is 302 g/mol. The van der Waals surface area contributed by atoms with Crippen LogP contribution in [0, 0.1) is 5.82 Å². The molecular weight excluding hydrogens is 291 g/mol. The van der Waals surface area contributed by atoms with Crippen LogP contribution in [0.2, 0.25) is 0 Å². The van der Waals surface area contributed by atoms with Crippen LogP contribution in [0.15, 0.2) is 22.7 Å². The van der Waals surface area contributed by atoms with Gasteiger partial charge in [-0.2, -0.15) is 11.8 Å². The van der Waals surface area contributed by atoms with Crippen molar-refractivity contribution in [1.29, 1.82) is 0 Å². The van der Waals surface area contributed by atoms with Crippen molar-refractivity contribution >= 4 is 33.5 Å². The van der Waals surface area contributed by atoms with Crippen molar-refractivity contribution in [1.82, 2.24) is 0 Å². The second-order valence-electron chi connectivity index (χ2n) is 3.88. The smallest absolute Gasteiger partial charge is 0.150 e. The summed E-state index contributed by atoms with van der Waals surface area (Å²) in [6, 6.07) is 4.86. The maximum atomic E-state index is 13.5. The number of rotatable bonds is 3. The molecular formula is C12H12BrFOS. The van der Waals surface area contributed by atoms with Crippen LogP contribution in [-0.4, -0.2) is 16.8 Å². The summed E-state index contributed by atoms with van der Waals surface area (Å²) < 4.78 is 14.2. The number of Topliss-reactive ketones (excluding diaryl/α,β-unsaturated/α-hetero) is 1. The minimum atomic E-state index is -0.300. The first kappa shape index (κ1) is 12.1. The van der Waals surface area contributed by atoms with Crippen molar-refractivity contribution < 1.29 is 9.18 Å². The standard InChI is InChI=1S/C12H12BrFOS/c13-9-4-3-8(10(14)7-9)6-11(15)12-2-1-5-16-12/h3-4,7,12H,1-2,5-6H2. The number of carbonyl (C=O) groups excluding carboxylic acids is 1. The third-order valence-corrected chi connectivity index (χ3v) is 4.59. The highest BCUT2D eigenvalue weighted by Crippen LogP contribution is 2.28. The second-order valence-corrected chi connectivity index (χ2v) is 6.11. The molecule has 1 saturated heterocycles. The van der Waals surface area contributed by atoms with E-state index in [0.717, 1.165) is 18.6 Å². The zero-order chi connectivity index (χ0) is 11.5. The fourth-order valence-electron chi connectivity index (χ4n) is 1.80. The summed E-state index contributed by atoms with van der Waals surface area (Å²) in [7, 11) is 0. The molecule has 2 rings (SSSR count). The van der Waals surface area contributed by atoms with Crippen molar-refractivity contribution in [2.24, 2.45) is 0 Å². The molecule has 86 valence electrons. The van der Waals surface area contributed by atoms with Gasteiger partial charge in [-0.1, -0.05) is 22.0 Å². The molecule has 0 aliphatic carbocycles. The summed E-state index contributed by atoms with van der Waals surface area (Å²) in [5.41, 5.74) is 0.501. The first-order valence-corrected chi connectivity index (χ1v) is 7.09. The Hall–Kier alpha value is -0.350. The Morgan fingerprint density at radius 3 is 3.00 bits per heavy atom. The molecule has 1 nitrogen and oxygen atoms in total. The lowest BCUT2D eigenvalue weighted by Gasteiger charge is -2.08. The fourth-order valence-corrected chi connectivity index (χ4v) is 3.35. The summed E-state index contributed by atoms with van der Waals surface area (Å²) >= 11 is 4.90. The lowest BCUT2D eigenvalue weighted by molar-refractivity contribution is -0.118. The van der Waals surface area contributed by atoms with Gasteiger partial charge < -0.3 is 0 Å². The Bertz CT molecular complexity index is 402. The molecule has 0 spiro atoms.